The number of fused-ring (bicyclic) bond motifs is 1. The number of hydrogen-bond acceptors (Lipinski definition) is 2. The first-order valence-corrected chi connectivity index (χ1v) is 6.35. The summed E-state index contributed by atoms with van der Waals surface area (Å²) in [5, 5.41) is 5.79. The van der Waals surface area contributed by atoms with Crippen LogP contribution in [0.3, 0.4) is 0 Å². The van der Waals surface area contributed by atoms with Gasteiger partial charge < -0.3 is 0 Å². The van der Waals surface area contributed by atoms with Gasteiger partial charge in [-0.15, -0.1) is 6.42 Å². The van der Waals surface area contributed by atoms with E-state index in [2.05, 4.69) is 41.3 Å². The minimum absolute atomic E-state index is 0.170. The van der Waals surface area contributed by atoms with Crippen molar-refractivity contribution in [3.05, 3.63) is 42.2 Å². The molecule has 0 amide bonds. The van der Waals surface area contributed by atoms with Gasteiger partial charge in [0.25, 0.3) is 0 Å². The number of rotatable bonds is 5. The second-order valence-corrected chi connectivity index (χ2v) is 4.45. The lowest BCUT2D eigenvalue weighted by Crippen LogP contribution is -2.26. The van der Waals surface area contributed by atoms with Crippen LogP contribution < -0.4 is 5.32 Å². The predicted molar refractivity (Wildman–Crippen MR) is 76.1 cm³/mol. The van der Waals surface area contributed by atoms with E-state index in [1.807, 2.05) is 18.5 Å². The van der Waals surface area contributed by atoms with Crippen LogP contribution in [0.25, 0.3) is 10.8 Å². The number of nitrogens with one attached hydrogen (secondary N) is 1. The number of pyridine rings is 1. The van der Waals surface area contributed by atoms with Gasteiger partial charge in [0, 0.05) is 24.3 Å². The molecule has 1 unspecified atom stereocenters. The Kier molecular flexibility index (Phi) is 4.33. The van der Waals surface area contributed by atoms with Crippen LogP contribution in [-0.4, -0.2) is 11.0 Å². The van der Waals surface area contributed by atoms with Gasteiger partial charge in [0.1, 0.15) is 0 Å². The summed E-state index contributed by atoms with van der Waals surface area (Å²) in [6.45, 7) is 2.96. The third-order valence-corrected chi connectivity index (χ3v) is 3.04. The summed E-state index contributed by atoms with van der Waals surface area (Å²) in [5.74, 6) is 2.79. The van der Waals surface area contributed by atoms with Gasteiger partial charge in [-0.3, -0.25) is 10.3 Å². The van der Waals surface area contributed by atoms with E-state index in [1.165, 1.54) is 16.3 Å². The van der Waals surface area contributed by atoms with Crippen LogP contribution in [0.1, 0.15) is 25.3 Å². The zero-order chi connectivity index (χ0) is 12.8. The maximum absolute atomic E-state index is 5.49. The minimum atomic E-state index is 0.170. The molecule has 1 aromatic carbocycles. The Hall–Kier alpha value is -1.85. The molecule has 18 heavy (non-hydrogen) atoms. The second kappa shape index (κ2) is 6.18. The zero-order valence-corrected chi connectivity index (χ0v) is 10.7. The van der Waals surface area contributed by atoms with E-state index in [9.17, 15) is 0 Å². The molecule has 1 heterocycles. The summed E-state index contributed by atoms with van der Waals surface area (Å²) in [5.41, 5.74) is 1.25. The molecule has 0 saturated carbocycles. The van der Waals surface area contributed by atoms with E-state index >= 15 is 0 Å². The Bertz CT molecular complexity index is 554. The summed E-state index contributed by atoms with van der Waals surface area (Å²) in [6, 6.07) is 8.61. The fraction of sp³-hybridized carbons (Fsp3) is 0.312. The van der Waals surface area contributed by atoms with Crippen LogP contribution in [0, 0.1) is 12.3 Å². The SMILES string of the molecule is C#CC(CCC)NCc1ccc2cnccc2c1. The van der Waals surface area contributed by atoms with Gasteiger partial charge in [-0.25, -0.2) is 0 Å². The summed E-state index contributed by atoms with van der Waals surface area (Å²) in [6.07, 6.45) is 11.3. The van der Waals surface area contributed by atoms with E-state index < -0.39 is 0 Å². The fourth-order valence-electron chi connectivity index (χ4n) is 2.02. The van der Waals surface area contributed by atoms with Gasteiger partial charge in [0.05, 0.1) is 6.04 Å². The van der Waals surface area contributed by atoms with E-state index in [1.54, 1.807) is 0 Å². The van der Waals surface area contributed by atoms with Crippen molar-refractivity contribution in [3.63, 3.8) is 0 Å². The molecule has 0 aliphatic heterocycles. The smallest absolute Gasteiger partial charge is 0.0689 e. The van der Waals surface area contributed by atoms with Gasteiger partial charge in [-0.2, -0.15) is 0 Å². The molecule has 0 aliphatic rings. The summed E-state index contributed by atoms with van der Waals surface area (Å²) in [7, 11) is 0. The molecule has 0 aliphatic carbocycles. The van der Waals surface area contributed by atoms with Crippen molar-refractivity contribution in [1.29, 1.82) is 0 Å². The standard InChI is InChI=1S/C16H18N2/c1-3-5-16(4-2)18-11-13-6-7-15-12-17-9-8-14(15)10-13/h2,6-10,12,16,18H,3,5,11H2,1H3. The highest BCUT2D eigenvalue weighted by molar-refractivity contribution is 5.81. The van der Waals surface area contributed by atoms with Crippen molar-refractivity contribution in [1.82, 2.24) is 10.3 Å². The third kappa shape index (κ3) is 3.09. The van der Waals surface area contributed by atoms with E-state index in [-0.39, 0.29) is 6.04 Å². The maximum atomic E-state index is 5.49. The number of aromatic nitrogens is 1. The normalized spacial score (nSPS) is 12.2. The molecular formula is C16H18N2. The first kappa shape index (κ1) is 12.6. The molecule has 92 valence electrons. The monoisotopic (exact) mass is 238 g/mol. The van der Waals surface area contributed by atoms with Crippen LogP contribution in [0.5, 0.6) is 0 Å². The molecule has 0 saturated heterocycles. The molecule has 0 fully saturated rings. The average molecular weight is 238 g/mol. The van der Waals surface area contributed by atoms with Gasteiger partial charge in [0.15, 0.2) is 0 Å². The molecular weight excluding hydrogens is 220 g/mol. The maximum Gasteiger partial charge on any atom is 0.0689 e. The van der Waals surface area contributed by atoms with Crippen LogP contribution in [0.4, 0.5) is 0 Å². The van der Waals surface area contributed by atoms with E-state index in [4.69, 9.17) is 6.42 Å². The molecule has 2 rings (SSSR count). The number of terminal acetylenes is 1. The first-order chi connectivity index (χ1) is 8.83. The van der Waals surface area contributed by atoms with Crippen LogP contribution in [0.15, 0.2) is 36.7 Å². The van der Waals surface area contributed by atoms with Crippen molar-refractivity contribution in [2.24, 2.45) is 0 Å². The van der Waals surface area contributed by atoms with Crippen molar-refractivity contribution < 1.29 is 0 Å². The molecule has 1 N–H and O–H groups in total. The minimum Gasteiger partial charge on any atom is -0.300 e. The molecule has 0 radical (unpaired) electrons. The zero-order valence-electron chi connectivity index (χ0n) is 10.7. The Morgan fingerprint density at radius 1 is 1.33 bits per heavy atom. The highest BCUT2D eigenvalue weighted by Gasteiger charge is 2.03. The topological polar surface area (TPSA) is 24.9 Å². The Morgan fingerprint density at radius 3 is 3.00 bits per heavy atom. The Labute approximate surface area is 108 Å². The molecule has 2 heteroatoms. The second-order valence-electron chi connectivity index (χ2n) is 4.45. The van der Waals surface area contributed by atoms with Gasteiger partial charge in [0.2, 0.25) is 0 Å². The number of nitrogens with zero attached hydrogens (tertiary/aromatic N) is 1. The number of hydrogen-bond donors (Lipinski definition) is 1. The van der Waals surface area contributed by atoms with Gasteiger partial charge >= 0.3 is 0 Å². The predicted octanol–water partition coefficient (Wildman–Crippen LogP) is 3.13. The van der Waals surface area contributed by atoms with Crippen molar-refractivity contribution in [3.8, 4) is 12.3 Å². The van der Waals surface area contributed by atoms with Crippen LogP contribution >= 0.6 is 0 Å². The number of benzene rings is 1. The average Bonchev–Trinajstić information content (AvgIpc) is 2.43. The van der Waals surface area contributed by atoms with Gasteiger partial charge in [-0.05, 0) is 29.5 Å². The van der Waals surface area contributed by atoms with Crippen molar-refractivity contribution in [2.75, 3.05) is 0 Å². The lowest BCUT2D eigenvalue weighted by molar-refractivity contribution is 0.563. The lowest BCUT2D eigenvalue weighted by atomic mass is 10.1. The van der Waals surface area contributed by atoms with Gasteiger partial charge in [-0.1, -0.05) is 31.4 Å². The van der Waals surface area contributed by atoms with E-state index in [0.717, 1.165) is 19.4 Å². The lowest BCUT2D eigenvalue weighted by Gasteiger charge is -2.12. The molecule has 0 bridgehead atoms. The largest absolute Gasteiger partial charge is 0.300 e. The highest BCUT2D eigenvalue weighted by atomic mass is 14.9. The van der Waals surface area contributed by atoms with Crippen LogP contribution in [0.2, 0.25) is 0 Å². The highest BCUT2D eigenvalue weighted by Crippen LogP contribution is 2.14. The summed E-state index contributed by atoms with van der Waals surface area (Å²) < 4.78 is 0. The molecule has 1 atom stereocenters. The molecule has 1 aromatic heterocycles. The fourth-order valence-corrected chi connectivity index (χ4v) is 2.02. The summed E-state index contributed by atoms with van der Waals surface area (Å²) >= 11 is 0. The first-order valence-electron chi connectivity index (χ1n) is 6.35. The van der Waals surface area contributed by atoms with E-state index in [0.29, 0.717) is 0 Å². The molecule has 2 nitrogen and oxygen atoms in total. The Balaban J connectivity index is 2.06. The third-order valence-electron chi connectivity index (χ3n) is 3.04. The Morgan fingerprint density at radius 2 is 2.22 bits per heavy atom. The molecule has 0 spiro atoms. The quantitative estimate of drug-likeness (QED) is 0.809. The summed E-state index contributed by atoms with van der Waals surface area (Å²) in [4.78, 5) is 4.11. The van der Waals surface area contributed by atoms with Crippen molar-refractivity contribution in [2.45, 2.75) is 32.4 Å². The molecule has 2 aromatic rings. The van der Waals surface area contributed by atoms with Crippen molar-refractivity contribution >= 4 is 10.8 Å². The van der Waals surface area contributed by atoms with Crippen LogP contribution in [-0.2, 0) is 6.54 Å².